The van der Waals surface area contributed by atoms with Crippen molar-refractivity contribution in [3.8, 4) is 6.07 Å². The summed E-state index contributed by atoms with van der Waals surface area (Å²) in [5, 5.41) is 11.2. The number of rotatable bonds is 1. The Morgan fingerprint density at radius 1 is 1.40 bits per heavy atom. The van der Waals surface area contributed by atoms with Gasteiger partial charge >= 0.3 is 12.1 Å². The van der Waals surface area contributed by atoms with Crippen molar-refractivity contribution in [3.05, 3.63) is 23.7 Å². The number of nitrogens with zero attached hydrogens (tertiary/aromatic N) is 2. The third kappa shape index (κ3) is 4.12. The molecule has 0 amide bonds. The van der Waals surface area contributed by atoms with E-state index in [1.165, 1.54) is 6.07 Å². The summed E-state index contributed by atoms with van der Waals surface area (Å²) in [5.41, 5.74) is -2.70. The van der Waals surface area contributed by atoms with Crippen LogP contribution in [-0.2, 0) is 9.53 Å². The number of halogens is 3. The number of esters is 1. The highest BCUT2D eigenvalue weighted by Crippen LogP contribution is 2.22. The summed E-state index contributed by atoms with van der Waals surface area (Å²) in [5.74, 6) is -1.53. The van der Waals surface area contributed by atoms with E-state index in [9.17, 15) is 18.0 Å². The van der Waals surface area contributed by atoms with E-state index < -0.39 is 34.9 Å². The van der Waals surface area contributed by atoms with Crippen LogP contribution in [0.25, 0.3) is 0 Å². The van der Waals surface area contributed by atoms with E-state index in [1.54, 1.807) is 20.8 Å². The minimum absolute atomic E-state index is 0.489. The van der Waals surface area contributed by atoms with E-state index >= 15 is 0 Å². The van der Waals surface area contributed by atoms with Crippen LogP contribution in [0.3, 0.4) is 0 Å². The van der Waals surface area contributed by atoms with Crippen LogP contribution < -0.4 is 5.32 Å². The second-order valence-electron chi connectivity index (χ2n) is 4.81. The number of nitrogens with one attached hydrogen (secondary N) is 1. The van der Waals surface area contributed by atoms with Gasteiger partial charge in [0.05, 0.1) is 0 Å². The number of hydrogen-bond acceptors (Lipinski definition) is 5. The SMILES string of the molecule is CC(C)(C)OC(=O)/C(C#N)=C1\N=C(C(F)(F)F)C=CN1. The molecule has 0 unspecified atom stereocenters. The van der Waals surface area contributed by atoms with Crippen LogP contribution in [0.4, 0.5) is 13.2 Å². The van der Waals surface area contributed by atoms with Crippen molar-refractivity contribution < 1.29 is 22.7 Å². The molecule has 0 bridgehead atoms. The highest BCUT2D eigenvalue weighted by Gasteiger charge is 2.36. The maximum atomic E-state index is 12.5. The minimum atomic E-state index is -4.67. The van der Waals surface area contributed by atoms with E-state index in [-0.39, 0.29) is 0 Å². The van der Waals surface area contributed by atoms with Crippen molar-refractivity contribution in [2.45, 2.75) is 32.5 Å². The number of alkyl halides is 3. The number of allylic oxidation sites excluding steroid dienone is 1. The highest BCUT2D eigenvalue weighted by molar-refractivity contribution is 6.02. The fourth-order valence-electron chi connectivity index (χ4n) is 1.20. The normalized spacial score (nSPS) is 17.8. The smallest absolute Gasteiger partial charge is 0.433 e. The van der Waals surface area contributed by atoms with Crippen LogP contribution in [-0.4, -0.2) is 23.5 Å². The number of hydrogen-bond donors (Lipinski definition) is 1. The molecule has 8 heteroatoms. The summed E-state index contributed by atoms with van der Waals surface area (Å²) in [6, 6.07) is 1.50. The number of aliphatic imine (C=N–C) groups is 1. The van der Waals surface area contributed by atoms with E-state index in [0.717, 1.165) is 6.20 Å². The van der Waals surface area contributed by atoms with Gasteiger partial charge in [0.15, 0.2) is 11.4 Å². The molecule has 20 heavy (non-hydrogen) atoms. The first-order valence-corrected chi connectivity index (χ1v) is 5.51. The van der Waals surface area contributed by atoms with E-state index in [4.69, 9.17) is 10.00 Å². The average Bonchev–Trinajstić information content (AvgIpc) is 2.26. The molecule has 0 spiro atoms. The number of carbonyl (C=O) groups excluding carboxylic acids is 1. The van der Waals surface area contributed by atoms with Gasteiger partial charge in [0.1, 0.15) is 17.4 Å². The largest absolute Gasteiger partial charge is 0.456 e. The maximum absolute atomic E-state index is 12.5. The van der Waals surface area contributed by atoms with Crippen molar-refractivity contribution >= 4 is 11.7 Å². The van der Waals surface area contributed by atoms with Crippen molar-refractivity contribution in [1.29, 1.82) is 5.26 Å². The third-order valence-corrected chi connectivity index (χ3v) is 1.94. The first-order chi connectivity index (χ1) is 9.04. The molecule has 1 aliphatic heterocycles. The van der Waals surface area contributed by atoms with E-state index in [0.29, 0.717) is 6.08 Å². The van der Waals surface area contributed by atoms with Gasteiger partial charge in [0.25, 0.3) is 0 Å². The van der Waals surface area contributed by atoms with Crippen LogP contribution >= 0.6 is 0 Å². The Labute approximate surface area is 113 Å². The molecule has 0 radical (unpaired) electrons. The standard InChI is InChI=1S/C12H12F3N3O2/c1-11(2,3)20-10(19)7(6-16)9-17-5-4-8(18-9)12(13,14)15/h4-5,17H,1-3H3/b9-7-. The predicted molar refractivity (Wildman–Crippen MR) is 64.2 cm³/mol. The number of carbonyl (C=O) groups is 1. The number of ether oxygens (including phenoxy) is 1. The van der Waals surface area contributed by atoms with Crippen molar-refractivity contribution in [2.24, 2.45) is 4.99 Å². The first-order valence-electron chi connectivity index (χ1n) is 5.51. The summed E-state index contributed by atoms with van der Waals surface area (Å²) >= 11 is 0. The average molecular weight is 287 g/mol. The van der Waals surface area contributed by atoms with Gasteiger partial charge in [-0.3, -0.25) is 0 Å². The fourth-order valence-corrected chi connectivity index (χ4v) is 1.20. The Balaban J connectivity index is 3.16. The van der Waals surface area contributed by atoms with Gasteiger partial charge in [-0.25, -0.2) is 9.79 Å². The van der Waals surface area contributed by atoms with Crippen molar-refractivity contribution in [3.63, 3.8) is 0 Å². The number of nitriles is 1. The summed E-state index contributed by atoms with van der Waals surface area (Å²) in [7, 11) is 0. The molecule has 0 aromatic rings. The topological polar surface area (TPSA) is 74.5 Å². The lowest BCUT2D eigenvalue weighted by Crippen LogP contribution is -2.29. The summed E-state index contributed by atoms with van der Waals surface area (Å²) in [6.07, 6.45) is -3.02. The molecule has 1 heterocycles. The second-order valence-corrected chi connectivity index (χ2v) is 4.81. The summed E-state index contributed by atoms with van der Waals surface area (Å²) in [4.78, 5) is 15.0. The lowest BCUT2D eigenvalue weighted by molar-refractivity contribution is -0.149. The summed E-state index contributed by atoms with van der Waals surface area (Å²) < 4.78 is 42.5. The molecular formula is C12H12F3N3O2. The molecular weight excluding hydrogens is 275 g/mol. The summed E-state index contributed by atoms with van der Waals surface area (Å²) in [6.45, 7) is 4.72. The molecule has 0 aromatic carbocycles. The lowest BCUT2D eigenvalue weighted by atomic mass is 10.2. The Hall–Kier alpha value is -2.30. The van der Waals surface area contributed by atoms with Crippen LogP contribution in [0.15, 0.2) is 28.7 Å². The molecule has 0 aliphatic carbocycles. The van der Waals surface area contributed by atoms with Crippen LogP contribution in [0.1, 0.15) is 20.8 Å². The van der Waals surface area contributed by atoms with Crippen LogP contribution in [0.5, 0.6) is 0 Å². The zero-order chi connectivity index (χ0) is 15.6. The van der Waals surface area contributed by atoms with Crippen LogP contribution in [0.2, 0.25) is 0 Å². The highest BCUT2D eigenvalue weighted by atomic mass is 19.4. The van der Waals surface area contributed by atoms with Gasteiger partial charge < -0.3 is 10.1 Å². The molecule has 0 atom stereocenters. The molecule has 0 aromatic heterocycles. The second kappa shape index (κ2) is 5.36. The van der Waals surface area contributed by atoms with Gasteiger partial charge in [-0.1, -0.05) is 0 Å². The molecule has 1 rings (SSSR count). The Morgan fingerprint density at radius 2 is 2.00 bits per heavy atom. The molecule has 0 fully saturated rings. The van der Waals surface area contributed by atoms with Gasteiger partial charge in [-0.2, -0.15) is 18.4 Å². The van der Waals surface area contributed by atoms with Gasteiger partial charge in [-0.15, -0.1) is 0 Å². The minimum Gasteiger partial charge on any atom is -0.456 e. The molecule has 0 saturated carbocycles. The quantitative estimate of drug-likeness (QED) is 0.455. The molecule has 1 N–H and O–H groups in total. The Kier molecular flexibility index (Phi) is 4.23. The zero-order valence-electron chi connectivity index (χ0n) is 11.0. The van der Waals surface area contributed by atoms with Crippen molar-refractivity contribution in [1.82, 2.24) is 5.32 Å². The predicted octanol–water partition coefficient (Wildman–Crippen LogP) is 2.18. The Morgan fingerprint density at radius 3 is 2.45 bits per heavy atom. The van der Waals surface area contributed by atoms with Crippen molar-refractivity contribution in [2.75, 3.05) is 0 Å². The Bertz CT molecular complexity index is 546. The molecule has 5 nitrogen and oxygen atoms in total. The maximum Gasteiger partial charge on any atom is 0.433 e. The van der Waals surface area contributed by atoms with Crippen LogP contribution in [0, 0.1) is 11.3 Å². The molecule has 108 valence electrons. The third-order valence-electron chi connectivity index (χ3n) is 1.94. The van der Waals surface area contributed by atoms with E-state index in [2.05, 4.69) is 10.3 Å². The monoisotopic (exact) mass is 287 g/mol. The van der Waals surface area contributed by atoms with Gasteiger partial charge in [0, 0.05) is 6.20 Å². The molecule has 0 saturated heterocycles. The van der Waals surface area contributed by atoms with E-state index in [1.807, 2.05) is 0 Å². The lowest BCUT2D eigenvalue weighted by Gasteiger charge is -2.20. The van der Waals surface area contributed by atoms with Gasteiger partial charge in [0.2, 0.25) is 0 Å². The zero-order valence-corrected chi connectivity index (χ0v) is 11.0. The molecule has 1 aliphatic rings. The fraction of sp³-hybridized carbons (Fsp3) is 0.417. The first kappa shape index (κ1) is 15.8. The van der Waals surface area contributed by atoms with Gasteiger partial charge in [-0.05, 0) is 26.8 Å².